The van der Waals surface area contributed by atoms with Crippen molar-refractivity contribution in [3.63, 3.8) is 0 Å². The van der Waals surface area contributed by atoms with E-state index in [4.69, 9.17) is 5.11 Å². The van der Waals surface area contributed by atoms with Crippen LogP contribution in [-0.2, 0) is 22.4 Å². The molecule has 1 aliphatic heterocycles. The fraction of sp³-hybridized carbons (Fsp3) is 0.526. The third-order valence-corrected chi connectivity index (χ3v) is 5.29. The van der Waals surface area contributed by atoms with E-state index in [9.17, 15) is 14.4 Å². The Balaban J connectivity index is 1.60. The maximum absolute atomic E-state index is 12.7. The van der Waals surface area contributed by atoms with E-state index in [-0.39, 0.29) is 24.3 Å². The van der Waals surface area contributed by atoms with Crippen LogP contribution in [0.4, 0.5) is 0 Å². The highest BCUT2D eigenvalue weighted by molar-refractivity contribution is 5.98. The highest BCUT2D eigenvalue weighted by atomic mass is 16.4. The van der Waals surface area contributed by atoms with Crippen LogP contribution in [0.2, 0.25) is 0 Å². The summed E-state index contributed by atoms with van der Waals surface area (Å²) < 4.78 is 0. The minimum atomic E-state index is -0.794. The van der Waals surface area contributed by atoms with E-state index < -0.39 is 5.97 Å². The number of hydrogen-bond donors (Lipinski definition) is 1. The van der Waals surface area contributed by atoms with Gasteiger partial charge in [-0.2, -0.15) is 0 Å². The van der Waals surface area contributed by atoms with Gasteiger partial charge >= 0.3 is 5.97 Å². The van der Waals surface area contributed by atoms with Crippen molar-refractivity contribution in [1.29, 1.82) is 0 Å². The van der Waals surface area contributed by atoms with E-state index >= 15 is 0 Å². The lowest BCUT2D eigenvalue weighted by atomic mass is 9.97. The molecule has 6 heteroatoms. The van der Waals surface area contributed by atoms with Crippen LogP contribution < -0.4 is 0 Å². The summed E-state index contributed by atoms with van der Waals surface area (Å²) >= 11 is 0. The van der Waals surface area contributed by atoms with Crippen molar-refractivity contribution in [2.24, 2.45) is 5.92 Å². The number of likely N-dealkylation sites (N-methyl/N-ethyl adjacent to an activating group) is 1. The van der Waals surface area contributed by atoms with Gasteiger partial charge in [-0.15, -0.1) is 0 Å². The molecule has 6 nitrogen and oxygen atoms in total. The van der Waals surface area contributed by atoms with Crippen LogP contribution in [0, 0.1) is 5.92 Å². The highest BCUT2D eigenvalue weighted by Gasteiger charge is 2.28. The normalized spacial score (nSPS) is 17.2. The Kier molecular flexibility index (Phi) is 5.06. The average Bonchev–Trinajstić information content (AvgIpc) is 3.09. The average molecular weight is 344 g/mol. The van der Waals surface area contributed by atoms with Gasteiger partial charge in [0.15, 0.2) is 0 Å². The second kappa shape index (κ2) is 7.25. The van der Waals surface area contributed by atoms with Crippen molar-refractivity contribution in [3.8, 4) is 0 Å². The predicted octanol–water partition coefficient (Wildman–Crippen LogP) is 1.57. The summed E-state index contributed by atoms with van der Waals surface area (Å²) in [6, 6.07) is 5.81. The molecule has 0 radical (unpaired) electrons. The predicted molar refractivity (Wildman–Crippen MR) is 92.4 cm³/mol. The summed E-state index contributed by atoms with van der Waals surface area (Å²) in [5.41, 5.74) is 3.06. The zero-order chi connectivity index (χ0) is 18.0. The van der Waals surface area contributed by atoms with Gasteiger partial charge < -0.3 is 14.9 Å². The van der Waals surface area contributed by atoms with Gasteiger partial charge in [-0.1, -0.05) is 12.1 Å². The molecule has 0 spiro atoms. The van der Waals surface area contributed by atoms with Gasteiger partial charge in [0.1, 0.15) is 0 Å². The molecule has 3 rings (SSSR count). The molecule has 134 valence electrons. The van der Waals surface area contributed by atoms with Gasteiger partial charge in [0.2, 0.25) is 5.91 Å². The van der Waals surface area contributed by atoms with Crippen LogP contribution in [0.15, 0.2) is 18.2 Å². The first-order valence-corrected chi connectivity index (χ1v) is 8.84. The molecule has 1 heterocycles. The zero-order valence-corrected chi connectivity index (χ0v) is 14.5. The molecule has 2 amide bonds. The van der Waals surface area contributed by atoms with Gasteiger partial charge in [0.25, 0.3) is 5.91 Å². The smallest absolute Gasteiger partial charge is 0.306 e. The van der Waals surface area contributed by atoms with Gasteiger partial charge in [0, 0.05) is 25.7 Å². The number of nitrogens with zero attached hydrogens (tertiary/aromatic N) is 2. The molecule has 25 heavy (non-hydrogen) atoms. The molecule has 0 aromatic heterocycles. The Hall–Kier alpha value is -2.37. The Bertz CT molecular complexity index is 693. The Morgan fingerprint density at radius 2 is 1.92 bits per heavy atom. The van der Waals surface area contributed by atoms with E-state index in [0.717, 1.165) is 24.8 Å². The summed E-state index contributed by atoms with van der Waals surface area (Å²) in [5, 5.41) is 9.03. The minimum absolute atomic E-state index is 0.0280. The summed E-state index contributed by atoms with van der Waals surface area (Å²) in [6.45, 7) is 0.914. The fourth-order valence-electron chi connectivity index (χ4n) is 3.78. The molecule has 0 unspecified atom stereocenters. The van der Waals surface area contributed by atoms with E-state index in [1.165, 1.54) is 10.5 Å². The quantitative estimate of drug-likeness (QED) is 0.899. The molecule has 1 saturated heterocycles. The third-order valence-electron chi connectivity index (χ3n) is 5.29. The van der Waals surface area contributed by atoms with Gasteiger partial charge in [-0.25, -0.2) is 0 Å². The standard InChI is InChI=1S/C19H24N2O4/c1-20(12-17(22)21-10-8-14(9-11-21)19(24)25)18(23)16-7-3-5-13-4-2-6-15(13)16/h3,5,7,14H,2,4,6,8-12H2,1H3,(H,24,25). The van der Waals surface area contributed by atoms with E-state index in [1.807, 2.05) is 12.1 Å². The van der Waals surface area contributed by atoms with Gasteiger partial charge in [-0.05, 0) is 49.3 Å². The van der Waals surface area contributed by atoms with Crippen LogP contribution in [-0.4, -0.2) is 59.4 Å². The molecule has 1 aliphatic carbocycles. The van der Waals surface area contributed by atoms with Gasteiger partial charge in [0.05, 0.1) is 12.5 Å². The molecule has 1 N–H and O–H groups in total. The van der Waals surface area contributed by atoms with Crippen LogP contribution >= 0.6 is 0 Å². The topological polar surface area (TPSA) is 77.9 Å². The number of benzene rings is 1. The monoisotopic (exact) mass is 344 g/mol. The number of carbonyl (C=O) groups is 3. The summed E-state index contributed by atoms with van der Waals surface area (Å²) in [6.07, 6.45) is 3.95. The van der Waals surface area contributed by atoms with Crippen molar-refractivity contribution in [2.45, 2.75) is 32.1 Å². The number of aryl methyl sites for hydroxylation is 1. The number of carboxylic acid groups (broad SMARTS) is 1. The number of rotatable bonds is 4. The maximum atomic E-state index is 12.7. The van der Waals surface area contributed by atoms with Crippen molar-refractivity contribution in [1.82, 2.24) is 9.80 Å². The summed E-state index contributed by atoms with van der Waals surface area (Å²) in [5.74, 6) is -1.40. The first-order chi connectivity index (χ1) is 12.0. The van der Waals surface area contributed by atoms with E-state index in [1.54, 1.807) is 11.9 Å². The zero-order valence-electron chi connectivity index (χ0n) is 14.5. The van der Waals surface area contributed by atoms with Crippen LogP contribution in [0.1, 0.15) is 40.7 Å². The number of carbonyl (C=O) groups excluding carboxylic acids is 2. The van der Waals surface area contributed by atoms with Crippen molar-refractivity contribution < 1.29 is 19.5 Å². The SMILES string of the molecule is CN(CC(=O)N1CCC(C(=O)O)CC1)C(=O)c1cccc2c1CCC2. The number of likely N-dealkylation sites (tertiary alicyclic amines) is 1. The number of carboxylic acids is 1. The third kappa shape index (κ3) is 3.67. The molecule has 0 saturated carbocycles. The van der Waals surface area contributed by atoms with Crippen molar-refractivity contribution in [2.75, 3.05) is 26.7 Å². The second-order valence-corrected chi connectivity index (χ2v) is 6.95. The Morgan fingerprint density at radius 1 is 1.20 bits per heavy atom. The number of piperidine rings is 1. The Morgan fingerprint density at radius 3 is 2.60 bits per heavy atom. The molecule has 1 fully saturated rings. The highest BCUT2D eigenvalue weighted by Crippen LogP contribution is 2.26. The van der Waals surface area contributed by atoms with Crippen LogP contribution in [0.5, 0.6) is 0 Å². The van der Waals surface area contributed by atoms with Crippen molar-refractivity contribution in [3.05, 3.63) is 34.9 Å². The molecular weight excluding hydrogens is 320 g/mol. The largest absolute Gasteiger partial charge is 0.481 e. The second-order valence-electron chi connectivity index (χ2n) is 6.95. The maximum Gasteiger partial charge on any atom is 0.306 e. The van der Waals surface area contributed by atoms with E-state index in [2.05, 4.69) is 6.07 Å². The number of fused-ring (bicyclic) bond motifs is 1. The van der Waals surface area contributed by atoms with Gasteiger partial charge in [-0.3, -0.25) is 14.4 Å². The first-order valence-electron chi connectivity index (χ1n) is 8.84. The lowest BCUT2D eigenvalue weighted by molar-refractivity contribution is -0.145. The Labute approximate surface area is 147 Å². The summed E-state index contributed by atoms with van der Waals surface area (Å²) in [7, 11) is 1.65. The molecule has 1 aromatic rings. The van der Waals surface area contributed by atoms with E-state index in [0.29, 0.717) is 31.5 Å². The number of hydrogen-bond acceptors (Lipinski definition) is 3. The summed E-state index contributed by atoms with van der Waals surface area (Å²) in [4.78, 5) is 39.3. The number of amides is 2. The molecule has 0 bridgehead atoms. The minimum Gasteiger partial charge on any atom is -0.481 e. The lowest BCUT2D eigenvalue weighted by Crippen LogP contribution is -2.45. The van der Waals surface area contributed by atoms with Crippen LogP contribution in [0.3, 0.4) is 0 Å². The molecule has 0 atom stereocenters. The molecular formula is C19H24N2O4. The number of aliphatic carboxylic acids is 1. The fourth-order valence-corrected chi connectivity index (χ4v) is 3.78. The first kappa shape index (κ1) is 17.5. The van der Waals surface area contributed by atoms with Crippen molar-refractivity contribution >= 4 is 17.8 Å². The molecule has 2 aliphatic rings. The lowest BCUT2D eigenvalue weighted by Gasteiger charge is -2.31. The van der Waals surface area contributed by atoms with Crippen LogP contribution in [0.25, 0.3) is 0 Å². The molecule has 1 aromatic carbocycles.